The molecule has 0 unspecified atom stereocenters. The molecule has 0 fully saturated rings. The van der Waals surface area contributed by atoms with Crippen molar-refractivity contribution in [3.05, 3.63) is 93.5 Å². The van der Waals surface area contributed by atoms with Gasteiger partial charge in [-0.1, -0.05) is 48.0 Å². The van der Waals surface area contributed by atoms with E-state index >= 15 is 0 Å². The predicted molar refractivity (Wildman–Crippen MR) is 123 cm³/mol. The van der Waals surface area contributed by atoms with Crippen LogP contribution in [-0.2, 0) is 23.0 Å². The molecule has 0 bridgehead atoms. The highest BCUT2D eigenvalue weighted by Gasteiger charge is 2.27. The summed E-state index contributed by atoms with van der Waals surface area (Å²) in [6.45, 7) is 4.34. The first-order valence-corrected chi connectivity index (χ1v) is 11.9. The van der Waals surface area contributed by atoms with E-state index in [0.717, 1.165) is 28.8 Å². The standard InChI is InChI=1S/C24H23ClN2O3S/c1-16-6-3-4-7-20(16)24(28)27-13-12-19-11-10-18(14-22(19)27)15-26-31(29,30)23-9-5-8-21(25)17(23)2/h3-11,14,26H,12-13,15H2,1-2H3. The van der Waals surface area contributed by atoms with Crippen LogP contribution in [0.5, 0.6) is 0 Å². The number of hydrogen-bond acceptors (Lipinski definition) is 3. The molecule has 1 heterocycles. The molecule has 0 aliphatic carbocycles. The van der Waals surface area contributed by atoms with Gasteiger partial charge in [0.1, 0.15) is 0 Å². The quantitative estimate of drug-likeness (QED) is 0.610. The summed E-state index contributed by atoms with van der Waals surface area (Å²) in [5, 5.41) is 0.408. The summed E-state index contributed by atoms with van der Waals surface area (Å²) in [5.74, 6) is -0.0378. The first kappa shape index (κ1) is 21.6. The first-order valence-electron chi connectivity index (χ1n) is 10.0. The number of halogens is 1. The van der Waals surface area contributed by atoms with Gasteiger partial charge < -0.3 is 4.90 Å². The summed E-state index contributed by atoms with van der Waals surface area (Å²) >= 11 is 6.08. The maximum Gasteiger partial charge on any atom is 0.258 e. The summed E-state index contributed by atoms with van der Waals surface area (Å²) < 4.78 is 28.2. The fourth-order valence-corrected chi connectivity index (χ4v) is 5.35. The van der Waals surface area contributed by atoms with Crippen LogP contribution < -0.4 is 9.62 Å². The molecule has 5 nitrogen and oxygen atoms in total. The molecule has 0 atom stereocenters. The predicted octanol–water partition coefficient (Wildman–Crippen LogP) is 4.64. The Morgan fingerprint density at radius 3 is 2.61 bits per heavy atom. The van der Waals surface area contributed by atoms with E-state index in [1.165, 1.54) is 6.07 Å². The highest BCUT2D eigenvalue weighted by molar-refractivity contribution is 7.89. The second-order valence-electron chi connectivity index (χ2n) is 7.67. The summed E-state index contributed by atoms with van der Waals surface area (Å²) in [6.07, 6.45) is 0.778. The van der Waals surface area contributed by atoms with Gasteiger partial charge >= 0.3 is 0 Å². The maximum absolute atomic E-state index is 13.1. The molecule has 1 aliphatic heterocycles. The molecule has 1 aliphatic rings. The summed E-state index contributed by atoms with van der Waals surface area (Å²) in [4.78, 5) is 15.1. The van der Waals surface area contributed by atoms with Crippen molar-refractivity contribution in [1.82, 2.24) is 4.72 Å². The molecular weight excluding hydrogens is 432 g/mol. The molecular formula is C24H23ClN2O3S. The van der Waals surface area contributed by atoms with Crippen LogP contribution in [-0.4, -0.2) is 20.9 Å². The second-order valence-corrected chi connectivity index (χ2v) is 9.81. The van der Waals surface area contributed by atoms with Gasteiger partial charge in [-0.25, -0.2) is 13.1 Å². The van der Waals surface area contributed by atoms with Gasteiger partial charge in [-0.2, -0.15) is 0 Å². The Labute approximate surface area is 187 Å². The van der Waals surface area contributed by atoms with Crippen molar-refractivity contribution in [2.75, 3.05) is 11.4 Å². The van der Waals surface area contributed by atoms with E-state index in [4.69, 9.17) is 11.6 Å². The topological polar surface area (TPSA) is 66.5 Å². The number of rotatable bonds is 5. The fraction of sp³-hybridized carbons (Fsp3) is 0.208. The van der Waals surface area contributed by atoms with Gasteiger partial charge in [0.05, 0.1) is 4.90 Å². The monoisotopic (exact) mass is 454 g/mol. The van der Waals surface area contributed by atoms with Gasteiger partial charge in [0.2, 0.25) is 10.0 Å². The molecule has 0 aromatic heterocycles. The summed E-state index contributed by atoms with van der Waals surface area (Å²) in [5.41, 5.74) is 4.83. The zero-order chi connectivity index (χ0) is 22.2. The molecule has 31 heavy (non-hydrogen) atoms. The number of hydrogen-bond donors (Lipinski definition) is 1. The average molecular weight is 455 g/mol. The van der Waals surface area contributed by atoms with Crippen molar-refractivity contribution in [1.29, 1.82) is 0 Å². The number of anilines is 1. The van der Waals surface area contributed by atoms with Crippen LogP contribution in [0.4, 0.5) is 5.69 Å². The number of benzene rings is 3. The lowest BCUT2D eigenvalue weighted by Crippen LogP contribution is -2.29. The lowest BCUT2D eigenvalue weighted by molar-refractivity contribution is 0.0989. The van der Waals surface area contributed by atoms with Crippen molar-refractivity contribution in [2.45, 2.75) is 31.7 Å². The zero-order valence-corrected chi connectivity index (χ0v) is 18.9. The number of sulfonamides is 1. The minimum Gasteiger partial charge on any atom is -0.308 e. The number of nitrogens with one attached hydrogen (secondary N) is 1. The van der Waals surface area contributed by atoms with E-state index < -0.39 is 10.0 Å². The molecule has 3 aromatic carbocycles. The van der Waals surface area contributed by atoms with E-state index in [1.807, 2.05) is 49.4 Å². The Morgan fingerprint density at radius 2 is 1.84 bits per heavy atom. The Kier molecular flexibility index (Phi) is 5.88. The van der Waals surface area contributed by atoms with Gasteiger partial charge in [-0.15, -0.1) is 0 Å². The number of amides is 1. The number of nitrogens with zero attached hydrogens (tertiary/aromatic N) is 1. The number of aryl methyl sites for hydroxylation is 1. The molecule has 0 spiro atoms. The second kappa shape index (κ2) is 8.46. The van der Waals surface area contributed by atoms with E-state index in [0.29, 0.717) is 22.7 Å². The maximum atomic E-state index is 13.1. The molecule has 1 amide bonds. The number of fused-ring (bicyclic) bond motifs is 1. The van der Waals surface area contributed by atoms with Crippen LogP contribution in [0.25, 0.3) is 0 Å². The average Bonchev–Trinajstić information content (AvgIpc) is 3.17. The lowest BCUT2D eigenvalue weighted by atomic mass is 10.1. The third-order valence-electron chi connectivity index (χ3n) is 5.64. The Bertz CT molecular complexity index is 1270. The van der Waals surface area contributed by atoms with Gasteiger partial charge in [0.25, 0.3) is 5.91 Å². The molecule has 0 radical (unpaired) electrons. The smallest absolute Gasteiger partial charge is 0.258 e. The number of carbonyl (C=O) groups is 1. The lowest BCUT2D eigenvalue weighted by Gasteiger charge is -2.19. The summed E-state index contributed by atoms with van der Waals surface area (Å²) in [6, 6.07) is 18.1. The van der Waals surface area contributed by atoms with Crippen LogP contribution in [0.3, 0.4) is 0 Å². The van der Waals surface area contributed by atoms with Crippen LogP contribution in [0.2, 0.25) is 5.02 Å². The van der Waals surface area contributed by atoms with E-state index in [1.54, 1.807) is 24.0 Å². The van der Waals surface area contributed by atoms with Gasteiger partial charge in [0.15, 0.2) is 0 Å². The van der Waals surface area contributed by atoms with Gasteiger partial charge in [-0.05, 0) is 66.8 Å². The van der Waals surface area contributed by atoms with Crippen LogP contribution in [0.1, 0.15) is 32.6 Å². The largest absolute Gasteiger partial charge is 0.308 e. The van der Waals surface area contributed by atoms with E-state index in [2.05, 4.69) is 4.72 Å². The van der Waals surface area contributed by atoms with Gasteiger partial charge in [0, 0.05) is 29.4 Å². The Morgan fingerprint density at radius 1 is 1.06 bits per heavy atom. The minimum atomic E-state index is -3.72. The SMILES string of the molecule is Cc1ccccc1C(=O)N1CCc2ccc(CNS(=O)(=O)c3cccc(Cl)c3C)cc21. The molecule has 4 rings (SSSR count). The first-order chi connectivity index (χ1) is 14.8. The van der Waals surface area contributed by atoms with Crippen molar-refractivity contribution in [3.63, 3.8) is 0 Å². The Balaban J connectivity index is 1.56. The molecule has 0 saturated heterocycles. The minimum absolute atomic E-state index is 0.0378. The van der Waals surface area contributed by atoms with Crippen molar-refractivity contribution < 1.29 is 13.2 Å². The molecule has 160 valence electrons. The molecule has 7 heteroatoms. The third-order valence-corrected chi connectivity index (χ3v) is 7.59. The highest BCUT2D eigenvalue weighted by atomic mass is 35.5. The third kappa shape index (κ3) is 4.24. The van der Waals surface area contributed by atoms with Crippen LogP contribution >= 0.6 is 11.6 Å². The fourth-order valence-electron chi connectivity index (χ4n) is 3.84. The Hall–Kier alpha value is -2.67. The van der Waals surface area contributed by atoms with Crippen molar-refractivity contribution in [3.8, 4) is 0 Å². The van der Waals surface area contributed by atoms with Crippen LogP contribution in [0.15, 0.2) is 65.6 Å². The zero-order valence-electron chi connectivity index (χ0n) is 17.4. The van der Waals surface area contributed by atoms with Gasteiger partial charge in [-0.3, -0.25) is 4.79 Å². The van der Waals surface area contributed by atoms with E-state index in [-0.39, 0.29) is 17.3 Å². The van der Waals surface area contributed by atoms with Crippen molar-refractivity contribution in [2.24, 2.45) is 0 Å². The highest BCUT2D eigenvalue weighted by Crippen LogP contribution is 2.31. The normalized spacial score (nSPS) is 13.3. The molecule has 0 saturated carbocycles. The van der Waals surface area contributed by atoms with Crippen molar-refractivity contribution >= 4 is 33.2 Å². The molecule has 1 N–H and O–H groups in total. The molecule has 3 aromatic rings. The van der Waals surface area contributed by atoms with Crippen LogP contribution in [0, 0.1) is 13.8 Å². The number of carbonyl (C=O) groups excluding carboxylic acids is 1. The van der Waals surface area contributed by atoms with E-state index in [9.17, 15) is 13.2 Å². The summed E-state index contributed by atoms with van der Waals surface area (Å²) in [7, 11) is -3.72.